The Kier molecular flexibility index (Phi) is 9.43. The number of benzene rings is 3. The maximum Gasteiger partial charge on any atom is 0.251 e. The number of hydrogen-bond donors (Lipinski definition) is 1. The van der Waals surface area contributed by atoms with E-state index in [2.05, 4.69) is 41.4 Å². The maximum atomic E-state index is 13.0. The molecule has 1 aliphatic rings. The highest BCUT2D eigenvalue weighted by Gasteiger charge is 2.28. The van der Waals surface area contributed by atoms with E-state index in [1.807, 2.05) is 55.1 Å². The predicted octanol–water partition coefficient (Wildman–Crippen LogP) is 4.47. The van der Waals surface area contributed by atoms with Gasteiger partial charge in [-0.2, -0.15) is 16.1 Å². The number of aryl methyl sites for hydroxylation is 2. The highest BCUT2D eigenvalue weighted by Crippen LogP contribution is 2.19. The molecule has 3 aromatic rings. The van der Waals surface area contributed by atoms with E-state index in [-0.39, 0.29) is 5.91 Å². The Morgan fingerprint density at radius 2 is 1.51 bits per heavy atom. The molecule has 37 heavy (non-hydrogen) atoms. The summed E-state index contributed by atoms with van der Waals surface area (Å²) in [6, 6.07) is 23.3. The Balaban J connectivity index is 1.22. The summed E-state index contributed by atoms with van der Waals surface area (Å²) >= 11 is 1.81. The summed E-state index contributed by atoms with van der Waals surface area (Å²) < 4.78 is 27.5. The van der Waals surface area contributed by atoms with Crippen LogP contribution in [0.5, 0.6) is 0 Å². The normalized spacial score (nSPS) is 15.0. The van der Waals surface area contributed by atoms with Gasteiger partial charge < -0.3 is 5.32 Å². The summed E-state index contributed by atoms with van der Waals surface area (Å²) in [4.78, 5) is 15.2. The second-order valence-corrected chi connectivity index (χ2v) is 12.5. The van der Waals surface area contributed by atoms with Crippen molar-refractivity contribution in [2.45, 2.75) is 31.0 Å². The number of nitrogens with zero attached hydrogens (tertiary/aromatic N) is 2. The van der Waals surface area contributed by atoms with E-state index in [1.54, 1.807) is 16.4 Å². The van der Waals surface area contributed by atoms with Gasteiger partial charge in [0, 0.05) is 56.3 Å². The van der Waals surface area contributed by atoms with Crippen molar-refractivity contribution in [1.82, 2.24) is 14.5 Å². The largest absolute Gasteiger partial charge is 0.351 e. The zero-order chi connectivity index (χ0) is 26.3. The minimum absolute atomic E-state index is 0.0632. The molecule has 1 heterocycles. The van der Waals surface area contributed by atoms with Gasteiger partial charge in [-0.15, -0.1) is 0 Å². The molecule has 4 rings (SSSR count). The van der Waals surface area contributed by atoms with Crippen LogP contribution in [-0.2, 0) is 22.3 Å². The van der Waals surface area contributed by atoms with Crippen LogP contribution in [0.25, 0.3) is 0 Å². The number of carbonyl (C=O) groups excluding carboxylic acids is 1. The number of piperazine rings is 1. The molecule has 196 valence electrons. The molecule has 6 nitrogen and oxygen atoms in total. The first-order valence-corrected chi connectivity index (χ1v) is 15.2. The van der Waals surface area contributed by atoms with Gasteiger partial charge in [0.15, 0.2) is 0 Å². The molecular weight excluding hydrogens is 502 g/mol. The van der Waals surface area contributed by atoms with Crippen molar-refractivity contribution in [2.24, 2.45) is 0 Å². The van der Waals surface area contributed by atoms with Gasteiger partial charge >= 0.3 is 0 Å². The van der Waals surface area contributed by atoms with E-state index < -0.39 is 10.0 Å². The van der Waals surface area contributed by atoms with Gasteiger partial charge in [-0.3, -0.25) is 9.69 Å². The van der Waals surface area contributed by atoms with Crippen LogP contribution in [0.1, 0.15) is 32.6 Å². The van der Waals surface area contributed by atoms with Crippen LogP contribution in [0.3, 0.4) is 0 Å². The van der Waals surface area contributed by atoms with Crippen LogP contribution in [0.15, 0.2) is 77.7 Å². The third-order valence-corrected chi connectivity index (χ3v) is 9.45. The first-order chi connectivity index (χ1) is 17.8. The Morgan fingerprint density at radius 3 is 2.19 bits per heavy atom. The van der Waals surface area contributed by atoms with E-state index in [0.717, 1.165) is 22.6 Å². The summed E-state index contributed by atoms with van der Waals surface area (Å²) in [5.41, 5.74) is 5.30. The number of carbonyl (C=O) groups is 1. The monoisotopic (exact) mass is 537 g/mol. The zero-order valence-corrected chi connectivity index (χ0v) is 23.2. The van der Waals surface area contributed by atoms with Crippen molar-refractivity contribution in [1.29, 1.82) is 0 Å². The fourth-order valence-electron chi connectivity index (χ4n) is 4.27. The Bertz CT molecular complexity index is 1280. The Labute approximate surface area is 225 Å². The van der Waals surface area contributed by atoms with E-state index in [1.165, 1.54) is 11.1 Å². The van der Waals surface area contributed by atoms with Crippen molar-refractivity contribution >= 4 is 27.7 Å². The number of thioether (sulfide) groups is 1. The lowest BCUT2D eigenvalue weighted by atomic mass is 10.1. The third kappa shape index (κ3) is 7.68. The van der Waals surface area contributed by atoms with E-state index >= 15 is 0 Å². The average molecular weight is 538 g/mol. The Hall–Kier alpha value is -2.65. The standard InChI is InChI=1S/C29H35N3O3S2/c1-23-6-10-25(11-7-23)22-36-19-14-30-29(33)27-5-3-4-26(20-27)21-31-15-17-32(18-16-31)37(34,35)28-12-8-24(2)9-13-28/h3-13,20H,14-19,21-22H2,1-2H3,(H,30,33). The maximum absolute atomic E-state index is 13.0. The van der Waals surface area contributed by atoms with Crippen LogP contribution < -0.4 is 5.32 Å². The van der Waals surface area contributed by atoms with Crippen molar-refractivity contribution in [3.8, 4) is 0 Å². The lowest BCUT2D eigenvalue weighted by molar-refractivity contribution is 0.0956. The van der Waals surface area contributed by atoms with Gasteiger partial charge in [0.25, 0.3) is 5.91 Å². The highest BCUT2D eigenvalue weighted by atomic mass is 32.2. The van der Waals surface area contributed by atoms with Crippen LogP contribution in [0, 0.1) is 13.8 Å². The SMILES string of the molecule is Cc1ccc(CSCCNC(=O)c2cccc(CN3CCN(S(=O)(=O)c4ccc(C)cc4)CC3)c2)cc1. The molecule has 0 aromatic heterocycles. The first-order valence-electron chi connectivity index (χ1n) is 12.6. The molecule has 1 aliphatic heterocycles. The molecule has 0 aliphatic carbocycles. The third-order valence-electron chi connectivity index (χ3n) is 6.51. The minimum Gasteiger partial charge on any atom is -0.351 e. The molecule has 0 unspecified atom stereocenters. The minimum atomic E-state index is -3.47. The predicted molar refractivity (Wildman–Crippen MR) is 151 cm³/mol. The fourth-order valence-corrected chi connectivity index (χ4v) is 6.51. The molecule has 1 fully saturated rings. The second kappa shape index (κ2) is 12.7. The molecule has 0 radical (unpaired) electrons. The molecule has 0 spiro atoms. The molecule has 0 atom stereocenters. The lowest BCUT2D eigenvalue weighted by Crippen LogP contribution is -2.48. The summed E-state index contributed by atoms with van der Waals surface area (Å²) in [7, 11) is -3.47. The smallest absolute Gasteiger partial charge is 0.251 e. The lowest BCUT2D eigenvalue weighted by Gasteiger charge is -2.34. The summed E-state index contributed by atoms with van der Waals surface area (Å²) in [5, 5.41) is 3.02. The summed E-state index contributed by atoms with van der Waals surface area (Å²) in [6.45, 7) is 7.55. The summed E-state index contributed by atoms with van der Waals surface area (Å²) in [5.74, 6) is 1.73. The highest BCUT2D eigenvalue weighted by molar-refractivity contribution is 7.98. The number of rotatable bonds is 10. The topological polar surface area (TPSA) is 69.7 Å². The zero-order valence-electron chi connectivity index (χ0n) is 21.5. The van der Waals surface area contributed by atoms with Gasteiger partial charge in [-0.25, -0.2) is 8.42 Å². The van der Waals surface area contributed by atoms with Gasteiger partial charge in [-0.1, -0.05) is 59.7 Å². The number of sulfonamides is 1. The molecule has 3 aromatic carbocycles. The first kappa shape index (κ1) is 27.4. The molecular formula is C29H35N3O3S2. The van der Waals surface area contributed by atoms with Crippen LogP contribution in [0.4, 0.5) is 0 Å². The fraction of sp³-hybridized carbons (Fsp3) is 0.345. The van der Waals surface area contributed by atoms with Crippen LogP contribution in [0.2, 0.25) is 0 Å². The van der Waals surface area contributed by atoms with E-state index in [9.17, 15) is 13.2 Å². The van der Waals surface area contributed by atoms with E-state index in [0.29, 0.717) is 49.7 Å². The quantitative estimate of drug-likeness (QED) is 0.387. The van der Waals surface area contributed by atoms with Crippen LogP contribution in [-0.4, -0.2) is 62.0 Å². The van der Waals surface area contributed by atoms with Gasteiger partial charge in [0.05, 0.1) is 4.90 Å². The van der Waals surface area contributed by atoms with Crippen LogP contribution >= 0.6 is 11.8 Å². The summed E-state index contributed by atoms with van der Waals surface area (Å²) in [6.07, 6.45) is 0. The second-order valence-electron chi connectivity index (χ2n) is 9.49. The van der Waals surface area contributed by atoms with Gasteiger partial charge in [-0.05, 0) is 49.2 Å². The molecule has 0 saturated carbocycles. The van der Waals surface area contributed by atoms with Gasteiger partial charge in [0.1, 0.15) is 0 Å². The van der Waals surface area contributed by atoms with Crippen molar-refractivity contribution in [2.75, 3.05) is 38.5 Å². The molecule has 1 saturated heterocycles. The molecule has 1 amide bonds. The van der Waals surface area contributed by atoms with Crippen molar-refractivity contribution in [3.05, 3.63) is 101 Å². The van der Waals surface area contributed by atoms with E-state index in [4.69, 9.17) is 0 Å². The number of hydrogen-bond acceptors (Lipinski definition) is 5. The molecule has 0 bridgehead atoms. The van der Waals surface area contributed by atoms with Crippen molar-refractivity contribution in [3.63, 3.8) is 0 Å². The average Bonchev–Trinajstić information content (AvgIpc) is 2.90. The molecule has 1 N–H and O–H groups in total. The number of nitrogens with one attached hydrogen (secondary N) is 1. The van der Waals surface area contributed by atoms with Gasteiger partial charge in [0.2, 0.25) is 10.0 Å². The Morgan fingerprint density at radius 1 is 0.865 bits per heavy atom. The van der Waals surface area contributed by atoms with Crippen molar-refractivity contribution < 1.29 is 13.2 Å². The number of amides is 1. The molecule has 8 heteroatoms.